The lowest BCUT2D eigenvalue weighted by molar-refractivity contribution is 0.117. The molecular weight excluding hydrogens is 174 g/mol. The van der Waals surface area contributed by atoms with Crippen LogP contribution in [0.1, 0.15) is 45.4 Å². The van der Waals surface area contributed by atoms with Gasteiger partial charge < -0.3 is 4.74 Å². The molecule has 0 radical (unpaired) electrons. The fourth-order valence-electron chi connectivity index (χ4n) is 2.52. The number of nitrogens with zero attached hydrogens (tertiary/aromatic N) is 1. The van der Waals surface area contributed by atoms with E-state index in [9.17, 15) is 5.26 Å². The van der Waals surface area contributed by atoms with Gasteiger partial charge in [0, 0.05) is 13.7 Å². The van der Waals surface area contributed by atoms with E-state index >= 15 is 0 Å². The normalized spacial score (nSPS) is 32.5. The summed E-state index contributed by atoms with van der Waals surface area (Å²) in [6.45, 7) is 2.96. The van der Waals surface area contributed by atoms with E-state index in [2.05, 4.69) is 13.0 Å². The molecule has 1 rings (SSSR count). The zero-order valence-corrected chi connectivity index (χ0v) is 9.38. The largest absolute Gasteiger partial charge is 0.385 e. The Bertz CT molecular complexity index is 209. The van der Waals surface area contributed by atoms with Crippen molar-refractivity contribution < 1.29 is 4.74 Å². The molecule has 80 valence electrons. The minimum atomic E-state index is -0.0745. The summed E-state index contributed by atoms with van der Waals surface area (Å²) in [6.07, 6.45) is 6.82. The Morgan fingerprint density at radius 2 is 2.36 bits per heavy atom. The van der Waals surface area contributed by atoms with E-state index in [-0.39, 0.29) is 5.41 Å². The van der Waals surface area contributed by atoms with Gasteiger partial charge in [-0.25, -0.2) is 0 Å². The van der Waals surface area contributed by atoms with Gasteiger partial charge in [0.05, 0.1) is 11.5 Å². The summed E-state index contributed by atoms with van der Waals surface area (Å²) in [4.78, 5) is 0. The first kappa shape index (κ1) is 11.5. The SMILES string of the molecule is CCC1CCCC(C#N)(CCOC)C1. The zero-order valence-electron chi connectivity index (χ0n) is 9.38. The zero-order chi connectivity index (χ0) is 10.4. The molecular formula is C12H21NO. The molecule has 2 unspecified atom stereocenters. The van der Waals surface area contributed by atoms with Gasteiger partial charge in [0.1, 0.15) is 0 Å². The van der Waals surface area contributed by atoms with E-state index in [0.29, 0.717) is 0 Å². The number of nitriles is 1. The van der Waals surface area contributed by atoms with Gasteiger partial charge in [-0.1, -0.05) is 26.2 Å². The van der Waals surface area contributed by atoms with Crippen molar-refractivity contribution >= 4 is 0 Å². The molecule has 0 saturated heterocycles. The van der Waals surface area contributed by atoms with Crippen molar-refractivity contribution in [3.63, 3.8) is 0 Å². The second-order valence-corrected chi connectivity index (χ2v) is 4.51. The summed E-state index contributed by atoms with van der Waals surface area (Å²) in [7, 11) is 1.71. The summed E-state index contributed by atoms with van der Waals surface area (Å²) in [6, 6.07) is 2.54. The van der Waals surface area contributed by atoms with Crippen LogP contribution >= 0.6 is 0 Å². The fraction of sp³-hybridized carbons (Fsp3) is 0.917. The second kappa shape index (κ2) is 5.36. The highest BCUT2D eigenvalue weighted by Gasteiger charge is 2.35. The maximum atomic E-state index is 9.28. The average molecular weight is 195 g/mol. The van der Waals surface area contributed by atoms with Gasteiger partial charge in [-0.3, -0.25) is 0 Å². The number of methoxy groups -OCH3 is 1. The predicted molar refractivity (Wildman–Crippen MR) is 56.8 cm³/mol. The quantitative estimate of drug-likeness (QED) is 0.690. The summed E-state index contributed by atoms with van der Waals surface area (Å²) in [5.41, 5.74) is -0.0745. The van der Waals surface area contributed by atoms with Crippen molar-refractivity contribution in [3.05, 3.63) is 0 Å². The molecule has 0 aromatic rings. The first-order chi connectivity index (χ1) is 6.76. The highest BCUT2D eigenvalue weighted by atomic mass is 16.5. The lowest BCUT2D eigenvalue weighted by atomic mass is 9.68. The molecule has 1 saturated carbocycles. The Labute approximate surface area is 87.3 Å². The molecule has 0 aromatic carbocycles. The summed E-state index contributed by atoms with van der Waals surface area (Å²) >= 11 is 0. The van der Waals surface area contributed by atoms with Crippen LogP contribution in [0.25, 0.3) is 0 Å². The van der Waals surface area contributed by atoms with Crippen molar-refractivity contribution in [3.8, 4) is 6.07 Å². The molecule has 1 aliphatic rings. The van der Waals surface area contributed by atoms with Gasteiger partial charge in [-0.05, 0) is 25.2 Å². The van der Waals surface area contributed by atoms with Crippen LogP contribution in [0.2, 0.25) is 0 Å². The highest BCUT2D eigenvalue weighted by Crippen LogP contribution is 2.42. The number of hydrogen-bond acceptors (Lipinski definition) is 2. The first-order valence-corrected chi connectivity index (χ1v) is 5.66. The van der Waals surface area contributed by atoms with Gasteiger partial charge in [0.25, 0.3) is 0 Å². The maximum Gasteiger partial charge on any atom is 0.0690 e. The lowest BCUT2D eigenvalue weighted by Gasteiger charge is -2.35. The summed E-state index contributed by atoms with van der Waals surface area (Å²) in [5, 5.41) is 9.28. The summed E-state index contributed by atoms with van der Waals surface area (Å²) in [5.74, 6) is 0.764. The molecule has 0 aromatic heterocycles. The van der Waals surface area contributed by atoms with E-state index in [4.69, 9.17) is 4.74 Å². The molecule has 0 amide bonds. The monoisotopic (exact) mass is 195 g/mol. The third kappa shape index (κ3) is 2.72. The van der Waals surface area contributed by atoms with Crippen molar-refractivity contribution in [2.45, 2.75) is 45.4 Å². The maximum absolute atomic E-state index is 9.28. The molecule has 0 heterocycles. The fourth-order valence-corrected chi connectivity index (χ4v) is 2.52. The average Bonchev–Trinajstić information content (AvgIpc) is 2.26. The van der Waals surface area contributed by atoms with Crippen LogP contribution in [-0.2, 0) is 4.74 Å². The van der Waals surface area contributed by atoms with E-state index in [0.717, 1.165) is 31.8 Å². The standard InChI is InChI=1S/C12H21NO/c1-3-11-5-4-6-12(9-11,10-13)7-8-14-2/h11H,3-9H2,1-2H3. The van der Waals surface area contributed by atoms with Crippen molar-refractivity contribution in [1.82, 2.24) is 0 Å². The van der Waals surface area contributed by atoms with E-state index < -0.39 is 0 Å². The highest BCUT2D eigenvalue weighted by molar-refractivity contribution is 5.01. The molecule has 0 bridgehead atoms. The number of rotatable bonds is 4. The van der Waals surface area contributed by atoms with Crippen LogP contribution in [0, 0.1) is 22.7 Å². The molecule has 0 spiro atoms. The van der Waals surface area contributed by atoms with Crippen LogP contribution in [0.3, 0.4) is 0 Å². The third-order valence-corrected chi connectivity index (χ3v) is 3.55. The Kier molecular flexibility index (Phi) is 4.41. The number of ether oxygens (including phenoxy) is 1. The molecule has 1 fully saturated rings. The van der Waals surface area contributed by atoms with Gasteiger partial charge in [-0.15, -0.1) is 0 Å². The summed E-state index contributed by atoms with van der Waals surface area (Å²) < 4.78 is 5.09. The van der Waals surface area contributed by atoms with E-state index in [1.807, 2.05) is 0 Å². The lowest BCUT2D eigenvalue weighted by Crippen LogP contribution is -2.28. The Hall–Kier alpha value is -0.550. The van der Waals surface area contributed by atoms with Gasteiger partial charge in [0.2, 0.25) is 0 Å². The van der Waals surface area contributed by atoms with E-state index in [1.54, 1.807) is 7.11 Å². The Morgan fingerprint density at radius 3 is 2.93 bits per heavy atom. The van der Waals surface area contributed by atoms with Crippen LogP contribution in [-0.4, -0.2) is 13.7 Å². The Morgan fingerprint density at radius 1 is 1.57 bits per heavy atom. The second-order valence-electron chi connectivity index (χ2n) is 4.51. The first-order valence-electron chi connectivity index (χ1n) is 5.66. The molecule has 1 aliphatic carbocycles. The van der Waals surface area contributed by atoms with Crippen LogP contribution < -0.4 is 0 Å². The number of hydrogen-bond donors (Lipinski definition) is 0. The molecule has 0 N–H and O–H groups in total. The van der Waals surface area contributed by atoms with Crippen LogP contribution in [0.5, 0.6) is 0 Å². The van der Waals surface area contributed by atoms with Crippen molar-refractivity contribution in [2.75, 3.05) is 13.7 Å². The minimum absolute atomic E-state index is 0.0745. The molecule has 2 atom stereocenters. The smallest absolute Gasteiger partial charge is 0.0690 e. The molecule has 14 heavy (non-hydrogen) atoms. The molecule has 0 aliphatic heterocycles. The van der Waals surface area contributed by atoms with Gasteiger partial charge >= 0.3 is 0 Å². The van der Waals surface area contributed by atoms with Crippen molar-refractivity contribution in [2.24, 2.45) is 11.3 Å². The van der Waals surface area contributed by atoms with Gasteiger partial charge in [0.15, 0.2) is 0 Å². The van der Waals surface area contributed by atoms with Crippen molar-refractivity contribution in [1.29, 1.82) is 5.26 Å². The minimum Gasteiger partial charge on any atom is -0.385 e. The predicted octanol–water partition coefficient (Wildman–Crippen LogP) is 3.13. The van der Waals surface area contributed by atoms with Gasteiger partial charge in [-0.2, -0.15) is 5.26 Å². The molecule has 2 nitrogen and oxygen atoms in total. The topological polar surface area (TPSA) is 33.0 Å². The third-order valence-electron chi connectivity index (χ3n) is 3.55. The van der Waals surface area contributed by atoms with Crippen LogP contribution in [0.15, 0.2) is 0 Å². The van der Waals surface area contributed by atoms with Crippen LogP contribution in [0.4, 0.5) is 0 Å². The molecule has 2 heteroatoms. The van der Waals surface area contributed by atoms with E-state index in [1.165, 1.54) is 19.3 Å². The Balaban J connectivity index is 2.55.